The van der Waals surface area contributed by atoms with Crippen molar-refractivity contribution in [3.8, 4) is 11.5 Å². The third-order valence-corrected chi connectivity index (χ3v) is 13.6. The van der Waals surface area contributed by atoms with Crippen molar-refractivity contribution in [1.82, 2.24) is 20.0 Å². The summed E-state index contributed by atoms with van der Waals surface area (Å²) in [7, 11) is 0. The number of rotatable bonds is 7. The minimum absolute atomic E-state index is 0.00683. The van der Waals surface area contributed by atoms with Crippen LogP contribution in [0.2, 0.25) is 0 Å². The van der Waals surface area contributed by atoms with Gasteiger partial charge in [0.25, 0.3) is 11.8 Å². The maximum Gasteiger partial charge on any atom is 0.262 e. The summed E-state index contributed by atoms with van der Waals surface area (Å²) < 4.78 is 6.37. The second-order valence-electron chi connectivity index (χ2n) is 17.0. The van der Waals surface area contributed by atoms with E-state index in [1.54, 1.807) is 6.07 Å². The van der Waals surface area contributed by atoms with Gasteiger partial charge >= 0.3 is 0 Å². The molecule has 11 nitrogen and oxygen atoms in total. The Balaban J connectivity index is 0.716. The van der Waals surface area contributed by atoms with Gasteiger partial charge in [-0.3, -0.25) is 39.1 Å². The Hall–Kier alpha value is -5.81. The molecular weight excluding hydrogens is 733 g/mol. The van der Waals surface area contributed by atoms with Crippen LogP contribution in [0.25, 0.3) is 0 Å². The Kier molecular flexibility index (Phi) is 9.15. The van der Waals surface area contributed by atoms with Crippen LogP contribution in [0.1, 0.15) is 111 Å². The van der Waals surface area contributed by atoms with Gasteiger partial charge in [-0.05, 0) is 121 Å². The second kappa shape index (κ2) is 14.5. The summed E-state index contributed by atoms with van der Waals surface area (Å²) in [6, 6.07) is 27.9. The lowest BCUT2D eigenvalue weighted by molar-refractivity contribution is -0.143. The number of hydrogen-bond donors (Lipinski definition) is 2. The van der Waals surface area contributed by atoms with E-state index in [1.165, 1.54) is 22.3 Å². The summed E-state index contributed by atoms with van der Waals surface area (Å²) in [6.07, 6.45) is 5.31. The summed E-state index contributed by atoms with van der Waals surface area (Å²) >= 11 is 0. The molecule has 10 rings (SSSR count). The number of piperidine rings is 2. The molecule has 0 aromatic heterocycles. The predicted molar refractivity (Wildman–Crippen MR) is 213 cm³/mol. The van der Waals surface area contributed by atoms with Crippen LogP contribution in [0.15, 0.2) is 84.9 Å². The number of amides is 5. The highest BCUT2D eigenvalue weighted by Gasteiger charge is 2.46. The van der Waals surface area contributed by atoms with Gasteiger partial charge < -0.3 is 14.7 Å². The molecule has 3 fully saturated rings. The van der Waals surface area contributed by atoms with Crippen molar-refractivity contribution in [2.45, 2.75) is 94.5 Å². The summed E-state index contributed by atoms with van der Waals surface area (Å²) in [5.41, 5.74) is 7.68. The number of fused-ring (bicyclic) bond motifs is 3. The molecule has 1 saturated carbocycles. The second-order valence-corrected chi connectivity index (χ2v) is 17.0. The Bertz CT molecular complexity index is 2290. The lowest BCUT2D eigenvalue weighted by Crippen LogP contribution is -2.54. The number of aryl methyl sites for hydroxylation is 1. The van der Waals surface area contributed by atoms with Crippen molar-refractivity contribution in [1.29, 1.82) is 0 Å². The van der Waals surface area contributed by atoms with E-state index in [-0.39, 0.29) is 42.7 Å². The van der Waals surface area contributed by atoms with E-state index in [2.05, 4.69) is 70.9 Å². The van der Waals surface area contributed by atoms with Crippen LogP contribution >= 0.6 is 0 Å². The zero-order valence-corrected chi connectivity index (χ0v) is 32.3. The first kappa shape index (κ1) is 36.5. The van der Waals surface area contributed by atoms with Gasteiger partial charge in [-0.15, -0.1) is 0 Å². The molecule has 2 saturated heterocycles. The minimum atomic E-state index is -0.974. The van der Waals surface area contributed by atoms with Crippen LogP contribution in [-0.4, -0.2) is 80.6 Å². The standard InChI is InChI=1S/C47H46N4O7/c52-34-9-13-38-29(20-34)8-12-37(27-4-2-1-3-5-27)43(38)28-6-10-35(11-7-28)58-36-21-30(22-36)45(55)49-18-16-33(17-19-49)50-25-31-23-39-40(24-32(31)26-50)47(57)51(46(39)56)41-14-15-42(53)48-44(41)54/h1-7,9-11,13,20,23-24,30,33,36-37,41,43,52H,8,12,14-19,21-22,25-26H2,(H,48,53,54)/t30?,36?,37-,41-,43+/m1/s1. The molecule has 0 spiro atoms. The highest BCUT2D eigenvalue weighted by molar-refractivity contribution is 6.23. The first-order chi connectivity index (χ1) is 28.2. The Labute approximate surface area is 337 Å². The Morgan fingerprint density at radius 2 is 1.41 bits per heavy atom. The molecule has 3 atom stereocenters. The van der Waals surface area contributed by atoms with Crippen LogP contribution < -0.4 is 10.1 Å². The van der Waals surface area contributed by atoms with E-state index in [4.69, 9.17) is 4.74 Å². The van der Waals surface area contributed by atoms with Gasteiger partial charge in [0.05, 0.1) is 11.1 Å². The molecule has 4 heterocycles. The molecule has 4 aromatic rings. The maximum atomic E-state index is 13.6. The largest absolute Gasteiger partial charge is 0.508 e. The Morgan fingerprint density at radius 3 is 2.09 bits per heavy atom. The van der Waals surface area contributed by atoms with E-state index in [0.29, 0.717) is 61.8 Å². The summed E-state index contributed by atoms with van der Waals surface area (Å²) in [4.78, 5) is 69.8. The van der Waals surface area contributed by atoms with Gasteiger partial charge in [-0.1, -0.05) is 48.5 Å². The fourth-order valence-corrected chi connectivity index (χ4v) is 10.4. The molecule has 296 valence electrons. The smallest absolute Gasteiger partial charge is 0.262 e. The molecule has 4 aliphatic heterocycles. The third-order valence-electron chi connectivity index (χ3n) is 13.6. The highest BCUT2D eigenvalue weighted by atomic mass is 16.5. The molecule has 0 bridgehead atoms. The molecule has 5 amide bonds. The maximum absolute atomic E-state index is 13.6. The minimum Gasteiger partial charge on any atom is -0.508 e. The van der Waals surface area contributed by atoms with Crippen molar-refractivity contribution in [2.24, 2.45) is 5.92 Å². The monoisotopic (exact) mass is 778 g/mol. The van der Waals surface area contributed by atoms with Gasteiger partial charge in [-0.2, -0.15) is 0 Å². The fraction of sp³-hybridized carbons (Fsp3) is 0.383. The van der Waals surface area contributed by atoms with Crippen molar-refractivity contribution in [3.05, 3.63) is 129 Å². The number of benzene rings is 4. The number of aromatic hydroxyl groups is 1. The third kappa shape index (κ3) is 6.45. The van der Waals surface area contributed by atoms with Crippen molar-refractivity contribution in [2.75, 3.05) is 13.1 Å². The number of ether oxygens (including phenoxy) is 1. The molecule has 6 aliphatic rings. The number of likely N-dealkylation sites (tertiary alicyclic amines) is 1. The quantitative estimate of drug-likeness (QED) is 0.224. The number of carbonyl (C=O) groups excluding carboxylic acids is 5. The van der Waals surface area contributed by atoms with E-state index >= 15 is 0 Å². The predicted octanol–water partition coefficient (Wildman–Crippen LogP) is 5.82. The average molecular weight is 779 g/mol. The van der Waals surface area contributed by atoms with Crippen molar-refractivity contribution < 1.29 is 33.8 Å². The van der Waals surface area contributed by atoms with Gasteiger partial charge in [0, 0.05) is 50.5 Å². The summed E-state index contributed by atoms with van der Waals surface area (Å²) in [5, 5.41) is 12.4. The average Bonchev–Trinajstić information content (AvgIpc) is 3.75. The van der Waals surface area contributed by atoms with Crippen LogP contribution in [0.5, 0.6) is 11.5 Å². The number of nitrogens with one attached hydrogen (secondary N) is 1. The topological polar surface area (TPSA) is 137 Å². The number of phenolic OH excluding ortho intramolecular Hbond substituents is 1. The molecule has 2 N–H and O–H groups in total. The fourth-order valence-electron chi connectivity index (χ4n) is 10.4. The molecule has 0 radical (unpaired) electrons. The van der Waals surface area contributed by atoms with Gasteiger partial charge in [0.2, 0.25) is 17.7 Å². The molecule has 58 heavy (non-hydrogen) atoms. The van der Waals surface area contributed by atoms with Crippen LogP contribution in [0.3, 0.4) is 0 Å². The van der Waals surface area contributed by atoms with Gasteiger partial charge in [0.1, 0.15) is 23.6 Å². The van der Waals surface area contributed by atoms with Crippen LogP contribution in [0, 0.1) is 5.92 Å². The van der Waals surface area contributed by atoms with E-state index in [1.807, 2.05) is 23.1 Å². The lowest BCUT2D eigenvalue weighted by atomic mass is 9.69. The number of hydrogen-bond acceptors (Lipinski definition) is 8. The molecule has 0 unspecified atom stereocenters. The SMILES string of the molecule is O=C1CC[C@@H](N2C(=O)c3cc4c(cc3C2=O)CN(C2CCN(C(=O)C3CC(Oc5ccc([C@@H]6c7ccc(O)cc7CC[C@@H]6c6ccccc6)cc5)C3)CC2)C4)C(=O)N1. The zero-order chi connectivity index (χ0) is 39.7. The normalized spacial score (nSPS) is 25.8. The van der Waals surface area contributed by atoms with E-state index < -0.39 is 29.7 Å². The zero-order valence-electron chi connectivity index (χ0n) is 32.3. The molecule has 11 heteroatoms. The first-order valence-electron chi connectivity index (χ1n) is 20.7. The van der Waals surface area contributed by atoms with Gasteiger partial charge in [0.15, 0.2) is 0 Å². The lowest BCUT2D eigenvalue weighted by Gasteiger charge is -2.41. The molecule has 4 aromatic carbocycles. The van der Waals surface area contributed by atoms with Crippen molar-refractivity contribution in [3.63, 3.8) is 0 Å². The van der Waals surface area contributed by atoms with Gasteiger partial charge in [-0.25, -0.2) is 0 Å². The first-order valence-corrected chi connectivity index (χ1v) is 20.7. The molecular formula is C47H46N4O7. The number of nitrogens with zero attached hydrogens (tertiary/aromatic N) is 3. The van der Waals surface area contributed by atoms with E-state index in [9.17, 15) is 29.1 Å². The van der Waals surface area contributed by atoms with Crippen LogP contribution in [-0.2, 0) is 33.9 Å². The number of carbonyl (C=O) groups is 5. The number of phenols is 1. The van der Waals surface area contributed by atoms with Crippen LogP contribution in [0.4, 0.5) is 0 Å². The number of imide groups is 2. The van der Waals surface area contributed by atoms with Crippen molar-refractivity contribution >= 4 is 29.5 Å². The Morgan fingerprint density at radius 1 is 0.724 bits per heavy atom. The highest BCUT2D eigenvalue weighted by Crippen LogP contribution is 2.47. The van der Waals surface area contributed by atoms with E-state index in [0.717, 1.165) is 47.5 Å². The summed E-state index contributed by atoms with van der Waals surface area (Å²) in [5.74, 6) is -0.151. The molecule has 2 aliphatic carbocycles. The summed E-state index contributed by atoms with van der Waals surface area (Å²) in [6.45, 7) is 2.72.